The van der Waals surface area contributed by atoms with E-state index in [-0.39, 0.29) is 12.3 Å². The lowest BCUT2D eigenvalue weighted by atomic mass is 10.0. The van der Waals surface area contributed by atoms with Gasteiger partial charge in [-0.05, 0) is 32.0 Å². The Hall–Kier alpha value is -2.54. The Morgan fingerprint density at radius 2 is 2.04 bits per heavy atom. The van der Waals surface area contributed by atoms with E-state index >= 15 is 0 Å². The van der Waals surface area contributed by atoms with Gasteiger partial charge < -0.3 is 15.1 Å². The fourth-order valence-corrected chi connectivity index (χ4v) is 3.05. The Bertz CT molecular complexity index is 765. The Morgan fingerprint density at radius 3 is 2.75 bits per heavy atom. The second-order valence-electron chi connectivity index (χ2n) is 6.16. The van der Waals surface area contributed by atoms with Crippen LogP contribution in [-0.2, 0) is 4.79 Å². The molecule has 1 aliphatic rings. The first-order valence-electron chi connectivity index (χ1n) is 7.86. The number of carboxylic acid groups (broad SMARTS) is 1. The predicted molar refractivity (Wildman–Crippen MR) is 88.7 cm³/mol. The molecule has 2 aromatic rings. The van der Waals surface area contributed by atoms with Crippen LogP contribution in [0.4, 0.5) is 5.95 Å². The van der Waals surface area contributed by atoms with Gasteiger partial charge in [0.2, 0.25) is 5.95 Å². The number of aliphatic hydroxyl groups is 1. The number of anilines is 1. The minimum absolute atomic E-state index is 0.0572. The number of rotatable bonds is 4. The molecule has 1 aliphatic heterocycles. The molecular weight excluding hydrogens is 308 g/mol. The maximum absolute atomic E-state index is 10.9. The molecule has 3 rings (SSSR count). The number of aliphatic hydroxyl groups excluding tert-OH is 1. The molecule has 2 atom stereocenters. The molecule has 0 radical (unpaired) electrons. The van der Waals surface area contributed by atoms with Crippen molar-refractivity contribution in [1.29, 1.82) is 0 Å². The van der Waals surface area contributed by atoms with Crippen LogP contribution in [0.1, 0.15) is 17.8 Å². The largest absolute Gasteiger partial charge is 0.481 e. The van der Waals surface area contributed by atoms with Gasteiger partial charge in [-0.15, -0.1) is 0 Å². The van der Waals surface area contributed by atoms with Crippen LogP contribution >= 0.6 is 0 Å². The molecule has 0 spiro atoms. The summed E-state index contributed by atoms with van der Waals surface area (Å²) in [6.07, 6.45) is 0.933. The standard InChI is InChI=1S/C17H20N4O3/c1-10-3-4-13(11(2)19-10)14-5-6-18-17(20-14)21-8-12(7-16(23)24)15(22)9-21/h3-6,12,15,22H,7-9H2,1-2H3,(H,23,24)/t12-,15-/m1/s1. The maximum Gasteiger partial charge on any atom is 0.303 e. The number of nitrogens with zero attached hydrogens (tertiary/aromatic N) is 4. The lowest BCUT2D eigenvalue weighted by Crippen LogP contribution is -2.23. The first-order chi connectivity index (χ1) is 11.4. The van der Waals surface area contributed by atoms with E-state index in [9.17, 15) is 9.90 Å². The number of hydrogen-bond donors (Lipinski definition) is 2. The number of aliphatic carboxylic acids is 1. The van der Waals surface area contributed by atoms with Gasteiger partial charge in [-0.1, -0.05) is 0 Å². The van der Waals surface area contributed by atoms with Gasteiger partial charge in [0, 0.05) is 42.2 Å². The number of carbonyl (C=O) groups is 1. The highest BCUT2D eigenvalue weighted by molar-refractivity contribution is 5.67. The molecule has 126 valence electrons. The Kier molecular flexibility index (Phi) is 4.44. The molecular formula is C17H20N4O3. The van der Waals surface area contributed by atoms with Gasteiger partial charge in [0.15, 0.2) is 0 Å². The molecule has 24 heavy (non-hydrogen) atoms. The Morgan fingerprint density at radius 1 is 1.25 bits per heavy atom. The molecule has 0 bridgehead atoms. The third kappa shape index (κ3) is 3.35. The Labute approximate surface area is 140 Å². The van der Waals surface area contributed by atoms with Crippen molar-refractivity contribution in [3.63, 3.8) is 0 Å². The van der Waals surface area contributed by atoms with Crippen LogP contribution in [0.5, 0.6) is 0 Å². The molecule has 7 nitrogen and oxygen atoms in total. The highest BCUT2D eigenvalue weighted by Crippen LogP contribution is 2.26. The lowest BCUT2D eigenvalue weighted by Gasteiger charge is -2.16. The van der Waals surface area contributed by atoms with Crippen molar-refractivity contribution in [1.82, 2.24) is 15.0 Å². The van der Waals surface area contributed by atoms with Crippen molar-refractivity contribution in [3.8, 4) is 11.3 Å². The van der Waals surface area contributed by atoms with E-state index in [1.165, 1.54) is 0 Å². The van der Waals surface area contributed by atoms with E-state index in [0.29, 0.717) is 19.0 Å². The van der Waals surface area contributed by atoms with Crippen LogP contribution in [0.25, 0.3) is 11.3 Å². The molecule has 1 fully saturated rings. The summed E-state index contributed by atoms with van der Waals surface area (Å²) in [6.45, 7) is 4.65. The topological polar surface area (TPSA) is 99.4 Å². The van der Waals surface area contributed by atoms with Crippen LogP contribution < -0.4 is 4.90 Å². The fourth-order valence-electron chi connectivity index (χ4n) is 3.05. The van der Waals surface area contributed by atoms with Gasteiger partial charge in [0.05, 0.1) is 18.2 Å². The lowest BCUT2D eigenvalue weighted by molar-refractivity contribution is -0.138. The summed E-state index contributed by atoms with van der Waals surface area (Å²) in [6, 6.07) is 5.74. The third-order valence-electron chi connectivity index (χ3n) is 4.27. The second-order valence-corrected chi connectivity index (χ2v) is 6.16. The van der Waals surface area contributed by atoms with Crippen LogP contribution in [0.2, 0.25) is 0 Å². The normalized spacial score (nSPS) is 20.4. The maximum atomic E-state index is 10.9. The molecule has 2 aromatic heterocycles. The van der Waals surface area contributed by atoms with Crippen molar-refractivity contribution in [2.75, 3.05) is 18.0 Å². The first-order valence-corrected chi connectivity index (χ1v) is 7.86. The molecule has 0 aliphatic carbocycles. The van der Waals surface area contributed by atoms with Gasteiger partial charge in [-0.25, -0.2) is 9.97 Å². The van der Waals surface area contributed by atoms with Crippen molar-refractivity contribution >= 4 is 11.9 Å². The van der Waals surface area contributed by atoms with E-state index in [1.807, 2.05) is 36.9 Å². The smallest absolute Gasteiger partial charge is 0.303 e. The van der Waals surface area contributed by atoms with Crippen LogP contribution in [0, 0.1) is 19.8 Å². The summed E-state index contributed by atoms with van der Waals surface area (Å²) in [5.41, 5.74) is 3.54. The minimum atomic E-state index is -0.906. The van der Waals surface area contributed by atoms with Gasteiger partial charge >= 0.3 is 5.97 Å². The predicted octanol–water partition coefficient (Wildman–Crippen LogP) is 1.43. The zero-order valence-corrected chi connectivity index (χ0v) is 13.7. The van der Waals surface area contributed by atoms with Crippen molar-refractivity contribution in [2.45, 2.75) is 26.4 Å². The number of pyridine rings is 1. The third-order valence-corrected chi connectivity index (χ3v) is 4.27. The van der Waals surface area contributed by atoms with Gasteiger partial charge in [-0.2, -0.15) is 0 Å². The number of carboxylic acids is 1. The molecule has 2 N–H and O–H groups in total. The van der Waals surface area contributed by atoms with E-state index in [2.05, 4.69) is 15.0 Å². The second kappa shape index (κ2) is 6.52. The van der Waals surface area contributed by atoms with Crippen molar-refractivity contribution in [3.05, 3.63) is 35.8 Å². The van der Waals surface area contributed by atoms with Crippen LogP contribution in [0.15, 0.2) is 24.4 Å². The van der Waals surface area contributed by atoms with E-state index in [1.54, 1.807) is 6.20 Å². The van der Waals surface area contributed by atoms with Crippen molar-refractivity contribution < 1.29 is 15.0 Å². The zero-order valence-electron chi connectivity index (χ0n) is 13.7. The number of hydrogen-bond acceptors (Lipinski definition) is 6. The zero-order chi connectivity index (χ0) is 17.3. The molecule has 0 unspecified atom stereocenters. The van der Waals surface area contributed by atoms with Gasteiger partial charge in [0.25, 0.3) is 0 Å². The number of β-amino-alcohol motifs (C(OH)–C–C–N with tert-alkyl or cyclic N) is 1. The van der Waals surface area contributed by atoms with Gasteiger partial charge in [0.1, 0.15) is 0 Å². The summed E-state index contributed by atoms with van der Waals surface area (Å²) in [5, 5.41) is 19.0. The average Bonchev–Trinajstić information content (AvgIpc) is 2.88. The first kappa shape index (κ1) is 16.3. The molecule has 3 heterocycles. The summed E-state index contributed by atoms with van der Waals surface area (Å²) in [5.74, 6) is -0.714. The highest BCUT2D eigenvalue weighted by atomic mass is 16.4. The molecule has 0 amide bonds. The SMILES string of the molecule is Cc1ccc(-c2ccnc(N3C[C@@H](CC(=O)O)[C@H](O)C3)n2)c(C)n1. The molecule has 0 aromatic carbocycles. The summed E-state index contributed by atoms with van der Waals surface area (Å²) < 4.78 is 0. The number of aryl methyl sites for hydroxylation is 2. The highest BCUT2D eigenvalue weighted by Gasteiger charge is 2.34. The summed E-state index contributed by atoms with van der Waals surface area (Å²) >= 11 is 0. The molecule has 1 saturated heterocycles. The van der Waals surface area contributed by atoms with Crippen LogP contribution in [0.3, 0.4) is 0 Å². The molecule has 7 heteroatoms. The van der Waals surface area contributed by atoms with E-state index < -0.39 is 12.1 Å². The fraction of sp³-hybridized carbons (Fsp3) is 0.412. The van der Waals surface area contributed by atoms with E-state index in [4.69, 9.17) is 5.11 Å². The van der Waals surface area contributed by atoms with Crippen molar-refractivity contribution in [2.24, 2.45) is 5.92 Å². The summed E-state index contributed by atoms with van der Waals surface area (Å²) in [7, 11) is 0. The minimum Gasteiger partial charge on any atom is -0.481 e. The average molecular weight is 328 g/mol. The quantitative estimate of drug-likeness (QED) is 0.875. The number of aromatic nitrogens is 3. The Balaban J connectivity index is 1.85. The van der Waals surface area contributed by atoms with E-state index in [0.717, 1.165) is 22.6 Å². The van der Waals surface area contributed by atoms with Crippen LogP contribution in [-0.4, -0.2) is 50.3 Å². The summed E-state index contributed by atoms with van der Waals surface area (Å²) in [4.78, 5) is 26.0. The molecule has 0 saturated carbocycles. The van der Waals surface area contributed by atoms with Gasteiger partial charge in [-0.3, -0.25) is 9.78 Å². The monoisotopic (exact) mass is 328 g/mol.